The summed E-state index contributed by atoms with van der Waals surface area (Å²) in [6.07, 6.45) is 1.39. The summed E-state index contributed by atoms with van der Waals surface area (Å²) in [6, 6.07) is 3.18. The summed E-state index contributed by atoms with van der Waals surface area (Å²) < 4.78 is 13.6. The molecule has 0 unspecified atom stereocenters. The Kier molecular flexibility index (Phi) is 3.15. The van der Waals surface area contributed by atoms with Crippen molar-refractivity contribution in [1.82, 2.24) is 19.9 Å². The minimum absolute atomic E-state index is 0.0824. The number of H-pyrrole nitrogens is 1. The van der Waals surface area contributed by atoms with Crippen molar-refractivity contribution in [3.63, 3.8) is 0 Å². The Morgan fingerprint density at radius 1 is 1.38 bits per heavy atom. The van der Waals surface area contributed by atoms with Crippen molar-refractivity contribution in [2.75, 3.05) is 5.32 Å². The molecule has 0 aliphatic carbocycles. The molecule has 1 amide bonds. The number of carbonyl (C=O) groups is 1. The van der Waals surface area contributed by atoms with Crippen LogP contribution in [0.4, 0.5) is 10.3 Å². The Balaban J connectivity index is 1.92. The summed E-state index contributed by atoms with van der Waals surface area (Å²) >= 11 is 5.90. The number of amides is 1. The number of anilines is 1. The third-order valence-electron chi connectivity index (χ3n) is 2.66. The van der Waals surface area contributed by atoms with E-state index in [1.54, 1.807) is 0 Å². The number of phenols is 1. The molecule has 0 saturated heterocycles. The van der Waals surface area contributed by atoms with Crippen molar-refractivity contribution in [2.24, 2.45) is 0 Å². The zero-order valence-electron chi connectivity index (χ0n) is 10.3. The molecule has 0 atom stereocenters. The van der Waals surface area contributed by atoms with Crippen LogP contribution in [-0.2, 0) is 0 Å². The highest BCUT2D eigenvalue weighted by molar-refractivity contribution is 6.33. The smallest absolute Gasteiger partial charge is 0.260 e. The van der Waals surface area contributed by atoms with Crippen molar-refractivity contribution < 1.29 is 14.3 Å². The molecule has 9 heteroatoms. The van der Waals surface area contributed by atoms with Gasteiger partial charge in [-0.15, -0.1) is 0 Å². The molecule has 2 aromatic heterocycles. The first-order valence-electron chi connectivity index (χ1n) is 5.71. The molecular weight excluding hydrogens is 301 g/mol. The van der Waals surface area contributed by atoms with Crippen LogP contribution in [0, 0.1) is 5.82 Å². The predicted molar refractivity (Wildman–Crippen MR) is 72.7 cm³/mol. The largest absolute Gasteiger partial charge is 0.508 e. The van der Waals surface area contributed by atoms with E-state index in [-0.39, 0.29) is 28.1 Å². The Morgan fingerprint density at radius 3 is 2.95 bits per heavy atom. The highest BCUT2D eigenvalue weighted by Gasteiger charge is 2.15. The summed E-state index contributed by atoms with van der Waals surface area (Å²) in [5.41, 5.74) is 0.455. The lowest BCUT2D eigenvalue weighted by molar-refractivity contribution is 0.102. The van der Waals surface area contributed by atoms with Gasteiger partial charge in [-0.25, -0.2) is 9.37 Å². The van der Waals surface area contributed by atoms with Crippen LogP contribution in [0.25, 0.3) is 11.2 Å². The van der Waals surface area contributed by atoms with E-state index in [0.717, 1.165) is 12.1 Å². The van der Waals surface area contributed by atoms with E-state index in [2.05, 4.69) is 25.3 Å². The van der Waals surface area contributed by atoms with Gasteiger partial charge in [0, 0.05) is 6.07 Å². The molecule has 106 valence electrons. The van der Waals surface area contributed by atoms with E-state index < -0.39 is 11.7 Å². The second-order valence-electron chi connectivity index (χ2n) is 4.06. The van der Waals surface area contributed by atoms with Crippen LogP contribution in [0.5, 0.6) is 5.75 Å². The second kappa shape index (κ2) is 4.98. The number of imidazole rings is 1. The van der Waals surface area contributed by atoms with Gasteiger partial charge >= 0.3 is 0 Å². The minimum atomic E-state index is -0.862. The zero-order chi connectivity index (χ0) is 15.0. The lowest BCUT2D eigenvalue weighted by Crippen LogP contribution is -2.15. The first kappa shape index (κ1) is 13.3. The van der Waals surface area contributed by atoms with Crippen LogP contribution in [0.2, 0.25) is 5.15 Å². The zero-order valence-corrected chi connectivity index (χ0v) is 11.0. The summed E-state index contributed by atoms with van der Waals surface area (Å²) in [4.78, 5) is 26.4. The molecule has 0 aliphatic heterocycles. The van der Waals surface area contributed by atoms with Crippen LogP contribution in [0.15, 0.2) is 24.5 Å². The number of aromatic nitrogens is 4. The molecule has 21 heavy (non-hydrogen) atoms. The van der Waals surface area contributed by atoms with Gasteiger partial charge in [-0.3, -0.25) is 10.1 Å². The fourth-order valence-corrected chi connectivity index (χ4v) is 1.93. The normalized spacial score (nSPS) is 10.8. The molecule has 0 bridgehead atoms. The van der Waals surface area contributed by atoms with E-state index in [4.69, 9.17) is 16.7 Å². The third-order valence-corrected chi connectivity index (χ3v) is 2.94. The number of nitrogens with zero attached hydrogens (tertiary/aromatic N) is 3. The molecule has 1 aromatic carbocycles. The molecule has 0 spiro atoms. The quantitative estimate of drug-likeness (QED) is 0.629. The van der Waals surface area contributed by atoms with Gasteiger partial charge in [-0.05, 0) is 12.1 Å². The summed E-state index contributed by atoms with van der Waals surface area (Å²) in [7, 11) is 0. The molecular formula is C12H7ClFN5O2. The number of halogens is 2. The highest BCUT2D eigenvalue weighted by Crippen LogP contribution is 2.20. The number of aromatic amines is 1. The Hall–Kier alpha value is -2.74. The first-order valence-corrected chi connectivity index (χ1v) is 6.09. The van der Waals surface area contributed by atoms with Crippen molar-refractivity contribution in [3.8, 4) is 5.75 Å². The number of benzene rings is 1. The van der Waals surface area contributed by atoms with Gasteiger partial charge in [0.15, 0.2) is 10.8 Å². The van der Waals surface area contributed by atoms with Crippen molar-refractivity contribution in [3.05, 3.63) is 41.1 Å². The molecule has 2 heterocycles. The number of fused-ring (bicyclic) bond motifs is 1. The molecule has 0 radical (unpaired) electrons. The molecule has 0 saturated carbocycles. The van der Waals surface area contributed by atoms with Crippen LogP contribution in [0.1, 0.15) is 10.4 Å². The lowest BCUT2D eigenvalue weighted by Gasteiger charge is -2.05. The van der Waals surface area contributed by atoms with E-state index in [9.17, 15) is 9.18 Å². The number of hydrogen-bond acceptors (Lipinski definition) is 5. The van der Waals surface area contributed by atoms with Gasteiger partial charge < -0.3 is 10.1 Å². The number of carbonyl (C=O) groups excluding carboxylic acids is 1. The third kappa shape index (κ3) is 2.48. The van der Waals surface area contributed by atoms with Crippen molar-refractivity contribution >= 4 is 34.6 Å². The Labute approximate surface area is 121 Å². The molecule has 3 rings (SSSR count). The number of nitrogens with one attached hydrogen (secondary N) is 2. The highest BCUT2D eigenvalue weighted by atomic mass is 35.5. The van der Waals surface area contributed by atoms with E-state index >= 15 is 0 Å². The fraction of sp³-hybridized carbons (Fsp3) is 0. The summed E-state index contributed by atoms with van der Waals surface area (Å²) in [5, 5.41) is 11.5. The monoisotopic (exact) mass is 307 g/mol. The Morgan fingerprint density at radius 2 is 2.19 bits per heavy atom. The second-order valence-corrected chi connectivity index (χ2v) is 4.42. The molecule has 7 nitrogen and oxygen atoms in total. The van der Waals surface area contributed by atoms with Gasteiger partial charge in [0.2, 0.25) is 5.95 Å². The predicted octanol–water partition coefficient (Wildman–Crippen LogP) is 2.10. The maximum atomic E-state index is 13.6. The van der Waals surface area contributed by atoms with E-state index in [0.29, 0.717) is 5.52 Å². The average molecular weight is 308 g/mol. The van der Waals surface area contributed by atoms with Gasteiger partial charge in [-0.1, -0.05) is 11.6 Å². The first-order chi connectivity index (χ1) is 10.0. The van der Waals surface area contributed by atoms with Gasteiger partial charge in [0.25, 0.3) is 5.91 Å². The summed E-state index contributed by atoms with van der Waals surface area (Å²) in [5.74, 6) is -2.00. The van der Waals surface area contributed by atoms with Crippen molar-refractivity contribution in [2.45, 2.75) is 0 Å². The van der Waals surface area contributed by atoms with Gasteiger partial charge in [-0.2, -0.15) is 9.97 Å². The molecule has 3 N–H and O–H groups in total. The maximum absolute atomic E-state index is 13.6. The minimum Gasteiger partial charge on any atom is -0.508 e. The average Bonchev–Trinajstić information content (AvgIpc) is 2.87. The van der Waals surface area contributed by atoms with Crippen molar-refractivity contribution in [1.29, 1.82) is 0 Å². The molecule has 3 aromatic rings. The number of phenolic OH excluding ortho intramolecular Hbond substituents is 1. The van der Waals surface area contributed by atoms with Crippen LogP contribution in [-0.4, -0.2) is 30.9 Å². The van der Waals surface area contributed by atoms with Crippen LogP contribution < -0.4 is 5.32 Å². The topological polar surface area (TPSA) is 104 Å². The standard InChI is InChI=1S/C12H7ClFN5O2/c13-9-8-10(16-4-15-8)18-12(17-9)19-11(21)6-2-1-5(20)3-7(6)14/h1-4,20H,(H2,15,16,17,18,19,21). The summed E-state index contributed by atoms with van der Waals surface area (Å²) in [6.45, 7) is 0. The van der Waals surface area contributed by atoms with E-state index in [1.165, 1.54) is 12.4 Å². The number of rotatable bonds is 2. The maximum Gasteiger partial charge on any atom is 0.260 e. The van der Waals surface area contributed by atoms with Crippen LogP contribution in [0.3, 0.4) is 0 Å². The molecule has 0 aliphatic rings. The van der Waals surface area contributed by atoms with Crippen LogP contribution >= 0.6 is 11.6 Å². The lowest BCUT2D eigenvalue weighted by atomic mass is 10.2. The number of hydrogen-bond donors (Lipinski definition) is 3. The van der Waals surface area contributed by atoms with E-state index in [1.807, 2.05) is 0 Å². The SMILES string of the molecule is O=C(Nc1nc(Cl)c2[nH]cnc2n1)c1ccc(O)cc1F. The van der Waals surface area contributed by atoms with Gasteiger partial charge in [0.05, 0.1) is 11.9 Å². The molecule has 0 fully saturated rings. The fourth-order valence-electron chi connectivity index (χ4n) is 1.71. The number of aromatic hydroxyl groups is 1. The van der Waals surface area contributed by atoms with Gasteiger partial charge in [0.1, 0.15) is 17.1 Å². The Bertz CT molecular complexity index is 851.